The maximum atomic E-state index is 11.0. The number of aliphatic carboxylic acids is 1. The van der Waals surface area contributed by atoms with Crippen LogP contribution >= 0.6 is 0 Å². The van der Waals surface area contributed by atoms with Crippen LogP contribution in [0.25, 0.3) is 0 Å². The minimum atomic E-state index is -0.814. The lowest BCUT2D eigenvalue weighted by molar-refractivity contribution is -0.424. The van der Waals surface area contributed by atoms with E-state index in [9.17, 15) is 4.79 Å². The Bertz CT molecular complexity index is 384. The van der Waals surface area contributed by atoms with E-state index in [4.69, 9.17) is 14.9 Å². The smallest absolute Gasteiger partial charge is 0.306 e. The van der Waals surface area contributed by atoms with Gasteiger partial charge < -0.3 is 5.11 Å². The van der Waals surface area contributed by atoms with Crippen molar-refractivity contribution in [3.63, 3.8) is 0 Å². The summed E-state index contributed by atoms with van der Waals surface area (Å²) in [6.07, 6.45) is 9.89. The lowest BCUT2D eigenvalue weighted by atomic mass is 9.75. The second kappa shape index (κ2) is 11.2. The molecule has 1 N–H and O–H groups in total. The molecule has 0 spiro atoms. The predicted octanol–water partition coefficient (Wildman–Crippen LogP) is 5.99. The van der Waals surface area contributed by atoms with Crippen LogP contribution in [0.4, 0.5) is 0 Å². The summed E-state index contributed by atoms with van der Waals surface area (Å²) in [5.74, 6) is 0.846. The summed E-state index contributed by atoms with van der Waals surface area (Å²) in [4.78, 5) is 22.5. The molecule has 4 nitrogen and oxygen atoms in total. The van der Waals surface area contributed by atoms with Gasteiger partial charge >= 0.3 is 5.97 Å². The van der Waals surface area contributed by atoms with E-state index in [2.05, 4.69) is 34.6 Å². The lowest BCUT2D eigenvalue weighted by Gasteiger charge is -2.44. The number of carbonyl (C=O) groups is 1. The van der Waals surface area contributed by atoms with Gasteiger partial charge in [0.25, 0.3) is 0 Å². The monoisotopic (exact) mass is 356 g/mol. The normalized spacial score (nSPS) is 29.3. The van der Waals surface area contributed by atoms with Crippen LogP contribution in [0.2, 0.25) is 0 Å². The fraction of sp³-hybridized carbons (Fsp3) is 0.952. The molecule has 25 heavy (non-hydrogen) atoms. The van der Waals surface area contributed by atoms with Crippen molar-refractivity contribution in [3.05, 3.63) is 0 Å². The molecule has 0 aromatic heterocycles. The van der Waals surface area contributed by atoms with Crippen LogP contribution in [0.1, 0.15) is 98.8 Å². The quantitative estimate of drug-likeness (QED) is 0.436. The fourth-order valence-corrected chi connectivity index (χ4v) is 4.40. The highest BCUT2D eigenvalue weighted by Gasteiger charge is 2.43. The minimum Gasteiger partial charge on any atom is -0.481 e. The third kappa shape index (κ3) is 7.26. The van der Waals surface area contributed by atoms with Gasteiger partial charge in [0, 0.05) is 0 Å². The largest absolute Gasteiger partial charge is 0.481 e. The molecule has 5 atom stereocenters. The predicted molar refractivity (Wildman–Crippen MR) is 101 cm³/mol. The summed E-state index contributed by atoms with van der Waals surface area (Å²) < 4.78 is 0. The van der Waals surface area contributed by atoms with Gasteiger partial charge in [0.1, 0.15) is 11.7 Å². The Labute approximate surface area is 154 Å². The molecular weight excluding hydrogens is 316 g/mol. The summed E-state index contributed by atoms with van der Waals surface area (Å²) in [5, 5.41) is 9.07. The third-order valence-corrected chi connectivity index (χ3v) is 6.05. The molecule has 1 aliphatic rings. The second-order valence-electron chi connectivity index (χ2n) is 8.19. The SMILES string of the molecule is CCCC[C@H](CC)C[C@H](C)C[C@]1(CC)C[C@H](CC)[C@H](CC(=O)O)OO1. The Kier molecular flexibility index (Phi) is 10.0. The Morgan fingerprint density at radius 3 is 2.52 bits per heavy atom. The van der Waals surface area contributed by atoms with E-state index in [1.807, 2.05) is 0 Å². The summed E-state index contributed by atoms with van der Waals surface area (Å²) in [5.41, 5.74) is -0.252. The van der Waals surface area contributed by atoms with Gasteiger partial charge in [-0.3, -0.25) is 4.79 Å². The molecule has 1 saturated heterocycles. The molecular formula is C21H40O4. The van der Waals surface area contributed by atoms with Crippen molar-refractivity contribution in [1.29, 1.82) is 0 Å². The maximum absolute atomic E-state index is 11.0. The second-order valence-corrected chi connectivity index (χ2v) is 8.19. The first-order valence-electron chi connectivity index (χ1n) is 10.5. The molecule has 0 aliphatic carbocycles. The van der Waals surface area contributed by atoms with E-state index in [1.165, 1.54) is 32.1 Å². The molecule has 0 unspecified atom stereocenters. The highest BCUT2D eigenvalue weighted by atomic mass is 17.2. The molecule has 1 aliphatic heterocycles. The molecule has 148 valence electrons. The Balaban J connectivity index is 2.65. The van der Waals surface area contributed by atoms with E-state index in [1.54, 1.807) is 0 Å². The maximum Gasteiger partial charge on any atom is 0.306 e. The van der Waals surface area contributed by atoms with E-state index < -0.39 is 5.97 Å². The van der Waals surface area contributed by atoms with Gasteiger partial charge in [-0.05, 0) is 43.4 Å². The molecule has 0 radical (unpaired) electrons. The van der Waals surface area contributed by atoms with Crippen LogP contribution in [0.3, 0.4) is 0 Å². The van der Waals surface area contributed by atoms with Crippen molar-refractivity contribution in [3.8, 4) is 0 Å². The first-order chi connectivity index (χ1) is 11.9. The summed E-state index contributed by atoms with van der Waals surface area (Å²) in [6.45, 7) is 11.2. The van der Waals surface area contributed by atoms with Gasteiger partial charge in [0.15, 0.2) is 0 Å². The van der Waals surface area contributed by atoms with Crippen molar-refractivity contribution >= 4 is 5.97 Å². The molecule has 0 bridgehead atoms. The van der Waals surface area contributed by atoms with Gasteiger partial charge in [0.05, 0.1) is 6.42 Å². The minimum absolute atomic E-state index is 0.0305. The molecule has 0 aromatic rings. The lowest BCUT2D eigenvalue weighted by Crippen LogP contribution is -2.46. The molecule has 4 heteroatoms. The molecule has 1 heterocycles. The molecule has 0 saturated carbocycles. The van der Waals surface area contributed by atoms with Crippen LogP contribution in [0.15, 0.2) is 0 Å². The van der Waals surface area contributed by atoms with Crippen LogP contribution in [-0.4, -0.2) is 22.8 Å². The molecule has 1 fully saturated rings. The van der Waals surface area contributed by atoms with Crippen molar-refractivity contribution in [1.82, 2.24) is 0 Å². The van der Waals surface area contributed by atoms with E-state index in [-0.39, 0.29) is 24.0 Å². The van der Waals surface area contributed by atoms with Gasteiger partial charge in [-0.25, -0.2) is 9.78 Å². The van der Waals surface area contributed by atoms with E-state index in [0.717, 1.165) is 31.6 Å². The first kappa shape index (κ1) is 22.4. The van der Waals surface area contributed by atoms with Crippen LogP contribution in [0, 0.1) is 17.8 Å². The van der Waals surface area contributed by atoms with Crippen LogP contribution in [-0.2, 0) is 14.6 Å². The highest BCUT2D eigenvalue weighted by molar-refractivity contribution is 5.67. The van der Waals surface area contributed by atoms with E-state index >= 15 is 0 Å². The Hall–Kier alpha value is -0.610. The van der Waals surface area contributed by atoms with Gasteiger partial charge in [-0.2, -0.15) is 0 Å². The zero-order chi connectivity index (χ0) is 18.9. The van der Waals surface area contributed by atoms with Gasteiger partial charge in [-0.15, -0.1) is 0 Å². The fourth-order valence-electron chi connectivity index (χ4n) is 4.40. The number of hydrogen-bond donors (Lipinski definition) is 1. The number of carboxylic acid groups (broad SMARTS) is 1. The Morgan fingerprint density at radius 2 is 2.00 bits per heavy atom. The zero-order valence-corrected chi connectivity index (χ0v) is 17.1. The summed E-state index contributed by atoms with van der Waals surface area (Å²) in [6, 6.07) is 0. The van der Waals surface area contributed by atoms with Crippen molar-refractivity contribution in [2.45, 2.75) is 111 Å². The molecule has 0 amide bonds. The highest BCUT2D eigenvalue weighted by Crippen LogP contribution is 2.41. The number of carboxylic acids is 1. The topological polar surface area (TPSA) is 55.8 Å². The average molecular weight is 357 g/mol. The van der Waals surface area contributed by atoms with Crippen molar-refractivity contribution in [2.24, 2.45) is 17.8 Å². The number of unbranched alkanes of at least 4 members (excludes halogenated alkanes) is 1. The van der Waals surface area contributed by atoms with Crippen molar-refractivity contribution < 1.29 is 19.7 Å². The van der Waals surface area contributed by atoms with Gasteiger partial charge in [0.2, 0.25) is 0 Å². The zero-order valence-electron chi connectivity index (χ0n) is 17.1. The van der Waals surface area contributed by atoms with Gasteiger partial charge in [-0.1, -0.05) is 66.7 Å². The summed E-state index contributed by atoms with van der Waals surface area (Å²) in [7, 11) is 0. The first-order valence-corrected chi connectivity index (χ1v) is 10.5. The average Bonchev–Trinajstić information content (AvgIpc) is 2.59. The van der Waals surface area contributed by atoms with Crippen LogP contribution in [0.5, 0.6) is 0 Å². The number of hydrogen-bond acceptors (Lipinski definition) is 3. The van der Waals surface area contributed by atoms with Crippen LogP contribution < -0.4 is 0 Å². The molecule has 0 aromatic carbocycles. The molecule has 1 rings (SSSR count). The summed E-state index contributed by atoms with van der Waals surface area (Å²) >= 11 is 0. The van der Waals surface area contributed by atoms with Crippen molar-refractivity contribution in [2.75, 3.05) is 0 Å². The number of rotatable bonds is 12. The Morgan fingerprint density at radius 1 is 1.28 bits per heavy atom. The standard InChI is InChI=1S/C21H40O4/c1-6-10-11-17(7-2)12-16(5)14-21(9-4)15-18(8-3)19(24-25-21)13-20(22)23/h16-19H,6-15H2,1-5H3,(H,22,23)/t16-,17-,18-,19-,21+/m0/s1. The van der Waals surface area contributed by atoms with E-state index in [0.29, 0.717) is 5.92 Å². The third-order valence-electron chi connectivity index (χ3n) is 6.05.